The van der Waals surface area contributed by atoms with Gasteiger partial charge in [0.2, 0.25) is 0 Å². The highest BCUT2D eigenvalue weighted by Gasteiger charge is 2.30. The van der Waals surface area contributed by atoms with Gasteiger partial charge in [0.1, 0.15) is 19.3 Å². The molecule has 0 amide bonds. The number of esters is 4. The number of aliphatic hydroxyl groups excluding tert-OH is 1. The van der Waals surface area contributed by atoms with Gasteiger partial charge in [0.05, 0.1) is 26.4 Å². The van der Waals surface area contributed by atoms with Crippen molar-refractivity contribution in [1.82, 2.24) is 0 Å². The number of carbonyl (C=O) groups excluding carboxylic acids is 4. The van der Waals surface area contributed by atoms with Crippen LogP contribution in [0.25, 0.3) is 0 Å². The average Bonchev–Trinajstić information content (AvgIpc) is 3.53. The summed E-state index contributed by atoms with van der Waals surface area (Å²) in [6, 6.07) is 0. The van der Waals surface area contributed by atoms with Crippen LogP contribution in [-0.2, 0) is 65.4 Å². The summed E-state index contributed by atoms with van der Waals surface area (Å²) in [7, 11) is -9.90. The van der Waals surface area contributed by atoms with Crippen molar-refractivity contribution < 1.29 is 80.2 Å². The van der Waals surface area contributed by atoms with Gasteiger partial charge in [-0.1, -0.05) is 305 Å². The Bertz CT molecular complexity index is 1730. The van der Waals surface area contributed by atoms with E-state index in [1.807, 2.05) is 0 Å². The Kier molecular flexibility index (Phi) is 60.8. The van der Waals surface area contributed by atoms with Crippen LogP contribution in [0.1, 0.15) is 356 Å². The van der Waals surface area contributed by atoms with Crippen molar-refractivity contribution in [3.63, 3.8) is 0 Å². The van der Waals surface area contributed by atoms with Crippen molar-refractivity contribution in [3.8, 4) is 0 Å². The molecule has 2 unspecified atom stereocenters. The summed E-state index contributed by atoms with van der Waals surface area (Å²) in [5, 5.41) is 10.6. The van der Waals surface area contributed by atoms with Crippen LogP contribution in [0, 0.1) is 11.8 Å². The highest BCUT2D eigenvalue weighted by atomic mass is 31.2. The predicted molar refractivity (Wildman–Crippen MR) is 358 cm³/mol. The fourth-order valence-electron chi connectivity index (χ4n) is 10.6. The van der Waals surface area contributed by atoms with Gasteiger partial charge in [-0.05, 0) is 37.5 Å². The van der Waals surface area contributed by atoms with E-state index in [4.69, 9.17) is 37.0 Å². The molecular formula is C70H136O17P2. The van der Waals surface area contributed by atoms with Gasteiger partial charge in [-0.3, -0.25) is 37.3 Å². The summed E-state index contributed by atoms with van der Waals surface area (Å²) in [6.45, 7) is 9.48. The summed E-state index contributed by atoms with van der Waals surface area (Å²) in [5.74, 6) is -0.679. The molecule has 0 heterocycles. The summed E-state index contributed by atoms with van der Waals surface area (Å²) >= 11 is 0. The van der Waals surface area contributed by atoms with Crippen molar-refractivity contribution in [2.24, 2.45) is 11.8 Å². The molecule has 17 nitrogen and oxygen atoms in total. The lowest BCUT2D eigenvalue weighted by Crippen LogP contribution is -2.30. The molecule has 5 atom stereocenters. The third kappa shape index (κ3) is 64.6. The Morgan fingerprint density at radius 1 is 0.303 bits per heavy atom. The molecule has 0 rings (SSSR count). The summed E-state index contributed by atoms with van der Waals surface area (Å²) in [4.78, 5) is 72.5. The van der Waals surface area contributed by atoms with Gasteiger partial charge in [-0.25, -0.2) is 9.13 Å². The number of aliphatic hydroxyl groups is 1. The van der Waals surface area contributed by atoms with Crippen LogP contribution in [0.2, 0.25) is 0 Å². The number of rotatable bonds is 69. The van der Waals surface area contributed by atoms with Crippen LogP contribution in [0.5, 0.6) is 0 Å². The van der Waals surface area contributed by atoms with Crippen LogP contribution in [0.4, 0.5) is 0 Å². The van der Waals surface area contributed by atoms with E-state index in [0.717, 1.165) is 102 Å². The van der Waals surface area contributed by atoms with Crippen LogP contribution in [0.15, 0.2) is 0 Å². The Morgan fingerprint density at radius 3 is 0.764 bits per heavy atom. The van der Waals surface area contributed by atoms with E-state index in [-0.39, 0.29) is 25.7 Å². The maximum atomic E-state index is 13.0. The molecule has 0 saturated carbocycles. The molecule has 528 valence electrons. The molecule has 0 spiro atoms. The second kappa shape index (κ2) is 62.2. The van der Waals surface area contributed by atoms with E-state index < -0.39 is 97.5 Å². The molecule has 0 aromatic heterocycles. The molecule has 0 fully saturated rings. The fraction of sp³-hybridized carbons (Fsp3) is 0.943. The summed E-state index contributed by atoms with van der Waals surface area (Å²) in [6.07, 6.45) is 47.1. The van der Waals surface area contributed by atoms with Crippen molar-refractivity contribution in [2.45, 2.75) is 374 Å². The van der Waals surface area contributed by atoms with Gasteiger partial charge >= 0.3 is 39.5 Å². The quantitative estimate of drug-likeness (QED) is 0.0222. The molecule has 0 aliphatic heterocycles. The Labute approximate surface area is 543 Å². The number of ether oxygens (including phenoxy) is 4. The second-order valence-corrected chi connectivity index (χ2v) is 29.1. The largest absolute Gasteiger partial charge is 0.472 e. The minimum absolute atomic E-state index is 0.104. The van der Waals surface area contributed by atoms with Gasteiger partial charge in [-0.15, -0.1) is 0 Å². The van der Waals surface area contributed by atoms with E-state index in [1.165, 1.54) is 173 Å². The second-order valence-electron chi connectivity index (χ2n) is 26.2. The number of phosphoric acid groups is 2. The number of phosphoric ester groups is 2. The van der Waals surface area contributed by atoms with E-state index in [0.29, 0.717) is 25.7 Å². The number of hydrogen-bond acceptors (Lipinski definition) is 15. The predicted octanol–water partition coefficient (Wildman–Crippen LogP) is 20.0. The monoisotopic (exact) mass is 1310 g/mol. The first-order valence-electron chi connectivity index (χ1n) is 36.5. The molecule has 0 bridgehead atoms. The van der Waals surface area contributed by atoms with Gasteiger partial charge in [0.25, 0.3) is 0 Å². The lowest BCUT2D eigenvalue weighted by Gasteiger charge is -2.21. The zero-order valence-corrected chi connectivity index (χ0v) is 59.5. The average molecular weight is 1310 g/mol. The maximum absolute atomic E-state index is 13.0. The van der Waals surface area contributed by atoms with Gasteiger partial charge < -0.3 is 33.8 Å². The van der Waals surface area contributed by atoms with Crippen LogP contribution < -0.4 is 0 Å². The first-order chi connectivity index (χ1) is 42.9. The SMILES string of the molecule is CCCCCCCCCCCCCCCCC(=O)O[C@H](COC(=O)CCCCCCCCCCCCCCC)COP(=O)(O)OC[C@@H](O)COP(=O)(O)OC[C@@H](COC(=O)CCCCCCCCCCC(C)C)OC(=O)CCCCCCCCCCC(C)C. The number of hydrogen-bond donors (Lipinski definition) is 3. The molecule has 0 aliphatic carbocycles. The lowest BCUT2D eigenvalue weighted by molar-refractivity contribution is -0.161. The summed E-state index contributed by atoms with van der Waals surface area (Å²) in [5.41, 5.74) is 0. The standard InChI is InChI=1S/C70H136O17P2/c1-7-9-11-13-15-17-19-21-23-25-27-36-42-48-54-69(74)86-65(58-80-67(72)52-46-40-34-26-24-22-20-18-16-14-12-10-8-2)60-84-88(76,77)82-56-64(71)57-83-89(78,79)85-61-66(87-70(75)55-49-43-37-31-29-33-39-45-51-63(5)6)59-81-68(73)53-47-41-35-30-28-32-38-44-50-62(3)4/h62-66,71H,7-61H2,1-6H3,(H,76,77)(H,78,79)/t64-,65-,66-/m1/s1. The van der Waals surface area contributed by atoms with E-state index in [2.05, 4.69) is 41.5 Å². The van der Waals surface area contributed by atoms with Crippen molar-refractivity contribution in [3.05, 3.63) is 0 Å². The highest BCUT2D eigenvalue weighted by molar-refractivity contribution is 7.47. The minimum Gasteiger partial charge on any atom is -0.462 e. The van der Waals surface area contributed by atoms with Gasteiger partial charge in [-0.2, -0.15) is 0 Å². The third-order valence-corrected chi connectivity index (χ3v) is 18.1. The molecule has 89 heavy (non-hydrogen) atoms. The Morgan fingerprint density at radius 2 is 0.517 bits per heavy atom. The van der Waals surface area contributed by atoms with Gasteiger partial charge in [0.15, 0.2) is 12.2 Å². The number of carbonyl (C=O) groups is 4. The van der Waals surface area contributed by atoms with E-state index >= 15 is 0 Å². The first-order valence-corrected chi connectivity index (χ1v) is 39.5. The molecule has 3 N–H and O–H groups in total. The van der Waals surface area contributed by atoms with E-state index in [9.17, 15) is 43.2 Å². The molecule has 0 aromatic rings. The molecular weight excluding hydrogens is 1170 g/mol. The fourth-order valence-corrected chi connectivity index (χ4v) is 12.2. The zero-order valence-electron chi connectivity index (χ0n) is 57.7. The van der Waals surface area contributed by atoms with Gasteiger partial charge in [0, 0.05) is 25.7 Å². The third-order valence-electron chi connectivity index (χ3n) is 16.2. The zero-order chi connectivity index (χ0) is 65.7. The molecule has 0 saturated heterocycles. The molecule has 0 aliphatic rings. The minimum atomic E-state index is -4.95. The van der Waals surface area contributed by atoms with Crippen molar-refractivity contribution in [2.75, 3.05) is 39.6 Å². The van der Waals surface area contributed by atoms with E-state index in [1.54, 1.807) is 0 Å². The Hall–Kier alpha value is -1.94. The Balaban J connectivity index is 5.25. The lowest BCUT2D eigenvalue weighted by atomic mass is 10.0. The van der Waals surface area contributed by atoms with Crippen LogP contribution in [0.3, 0.4) is 0 Å². The van der Waals surface area contributed by atoms with Crippen molar-refractivity contribution in [1.29, 1.82) is 0 Å². The molecule has 19 heteroatoms. The smallest absolute Gasteiger partial charge is 0.462 e. The normalized spacial score (nSPS) is 14.1. The maximum Gasteiger partial charge on any atom is 0.472 e. The molecule has 0 aromatic carbocycles. The number of unbranched alkanes of at least 4 members (excludes halogenated alkanes) is 39. The van der Waals surface area contributed by atoms with Crippen LogP contribution >= 0.6 is 15.6 Å². The van der Waals surface area contributed by atoms with Crippen LogP contribution in [-0.4, -0.2) is 96.7 Å². The highest BCUT2D eigenvalue weighted by Crippen LogP contribution is 2.45. The topological polar surface area (TPSA) is 237 Å². The molecule has 0 radical (unpaired) electrons. The summed E-state index contributed by atoms with van der Waals surface area (Å²) < 4.78 is 68.3. The van der Waals surface area contributed by atoms with Crippen molar-refractivity contribution >= 4 is 39.5 Å². The first kappa shape index (κ1) is 87.1.